The van der Waals surface area contributed by atoms with E-state index >= 15 is 0 Å². The van der Waals surface area contributed by atoms with Gasteiger partial charge in [-0.1, -0.05) is 17.7 Å². The molecule has 0 heterocycles. The summed E-state index contributed by atoms with van der Waals surface area (Å²) in [7, 11) is 1.54. The molecule has 0 spiro atoms. The zero-order valence-corrected chi connectivity index (χ0v) is 9.61. The van der Waals surface area contributed by atoms with Gasteiger partial charge in [-0.3, -0.25) is 10.1 Å². The Morgan fingerprint density at radius 1 is 1.62 bits per heavy atom. The molecule has 0 aromatic heterocycles. The molecule has 16 heavy (non-hydrogen) atoms. The van der Waals surface area contributed by atoms with E-state index < -0.39 is 4.92 Å². The number of nitrogens with zero attached hydrogens (tertiary/aromatic N) is 1. The topological polar surface area (TPSA) is 78.4 Å². The summed E-state index contributed by atoms with van der Waals surface area (Å²) in [6, 6.07) is 4.31. The molecule has 0 saturated heterocycles. The average Bonchev–Trinajstić information content (AvgIpc) is 2.20. The molecule has 0 saturated carbocycles. The first-order valence-electron chi connectivity index (χ1n) is 4.72. The van der Waals surface area contributed by atoms with Crippen molar-refractivity contribution in [2.45, 2.75) is 12.5 Å². The number of nitro groups is 1. The standard InChI is InChI=1S/C10H13ClN2O3/c1-16-6-9(12)4-7-2-3-8(11)5-10(7)13(14)15/h2-3,5,9H,4,6,12H2,1H3. The highest BCUT2D eigenvalue weighted by atomic mass is 35.5. The quantitative estimate of drug-likeness (QED) is 0.632. The lowest BCUT2D eigenvalue weighted by atomic mass is 10.1. The van der Waals surface area contributed by atoms with Crippen LogP contribution in [0.3, 0.4) is 0 Å². The van der Waals surface area contributed by atoms with Gasteiger partial charge in [0, 0.05) is 29.8 Å². The molecule has 1 aromatic carbocycles. The molecule has 0 aliphatic carbocycles. The lowest BCUT2D eigenvalue weighted by molar-refractivity contribution is -0.385. The summed E-state index contributed by atoms with van der Waals surface area (Å²) in [5.41, 5.74) is 6.31. The normalized spacial score (nSPS) is 12.4. The minimum atomic E-state index is -0.458. The SMILES string of the molecule is COCC(N)Cc1ccc(Cl)cc1[N+](=O)[O-]. The molecule has 0 amide bonds. The van der Waals surface area contributed by atoms with E-state index in [1.54, 1.807) is 12.1 Å². The monoisotopic (exact) mass is 244 g/mol. The molecule has 6 heteroatoms. The highest BCUT2D eigenvalue weighted by molar-refractivity contribution is 6.30. The predicted octanol–water partition coefficient (Wildman–Crippen LogP) is 1.76. The number of nitrogens with two attached hydrogens (primary N) is 1. The van der Waals surface area contributed by atoms with Crippen LogP contribution in [0.25, 0.3) is 0 Å². The van der Waals surface area contributed by atoms with Crippen molar-refractivity contribution < 1.29 is 9.66 Å². The van der Waals surface area contributed by atoms with Crippen LogP contribution in [0, 0.1) is 10.1 Å². The van der Waals surface area contributed by atoms with Gasteiger partial charge in [-0.15, -0.1) is 0 Å². The average molecular weight is 245 g/mol. The number of hydrogen-bond acceptors (Lipinski definition) is 4. The number of ether oxygens (including phenoxy) is 1. The van der Waals surface area contributed by atoms with E-state index in [4.69, 9.17) is 22.1 Å². The molecule has 1 atom stereocenters. The van der Waals surface area contributed by atoms with Crippen LogP contribution in [0.15, 0.2) is 18.2 Å². The van der Waals surface area contributed by atoms with Crippen molar-refractivity contribution in [2.24, 2.45) is 5.73 Å². The van der Waals surface area contributed by atoms with Crippen LogP contribution in [-0.4, -0.2) is 24.7 Å². The number of halogens is 1. The second-order valence-electron chi connectivity index (χ2n) is 3.45. The van der Waals surface area contributed by atoms with Gasteiger partial charge in [0.1, 0.15) is 0 Å². The molecule has 1 aromatic rings. The summed E-state index contributed by atoms with van der Waals surface area (Å²) in [5, 5.41) is 11.1. The molecule has 2 N–H and O–H groups in total. The van der Waals surface area contributed by atoms with Gasteiger partial charge in [0.25, 0.3) is 5.69 Å². The molecule has 1 unspecified atom stereocenters. The van der Waals surface area contributed by atoms with E-state index in [1.807, 2.05) is 0 Å². The zero-order chi connectivity index (χ0) is 12.1. The van der Waals surface area contributed by atoms with Crippen molar-refractivity contribution in [2.75, 3.05) is 13.7 Å². The number of hydrogen-bond donors (Lipinski definition) is 1. The molecule has 0 bridgehead atoms. The summed E-state index contributed by atoms with van der Waals surface area (Å²) in [6.07, 6.45) is 0.390. The lowest BCUT2D eigenvalue weighted by Crippen LogP contribution is -2.28. The molecule has 0 aliphatic rings. The Bertz CT molecular complexity index is 384. The molecule has 5 nitrogen and oxygen atoms in total. The smallest absolute Gasteiger partial charge is 0.274 e. The maximum Gasteiger partial charge on any atom is 0.274 e. The lowest BCUT2D eigenvalue weighted by Gasteiger charge is -2.10. The fourth-order valence-corrected chi connectivity index (χ4v) is 1.60. The Morgan fingerprint density at radius 3 is 2.88 bits per heavy atom. The van der Waals surface area contributed by atoms with Gasteiger partial charge in [-0.2, -0.15) is 0 Å². The van der Waals surface area contributed by atoms with Crippen molar-refractivity contribution in [1.82, 2.24) is 0 Å². The number of methoxy groups -OCH3 is 1. The predicted molar refractivity (Wildman–Crippen MR) is 61.7 cm³/mol. The van der Waals surface area contributed by atoms with Crippen LogP contribution in [0.2, 0.25) is 5.02 Å². The van der Waals surface area contributed by atoms with E-state index in [2.05, 4.69) is 0 Å². The third-order valence-corrected chi connectivity index (χ3v) is 2.34. The first-order valence-corrected chi connectivity index (χ1v) is 5.09. The Hall–Kier alpha value is -1.17. The van der Waals surface area contributed by atoms with Gasteiger partial charge in [-0.25, -0.2) is 0 Å². The van der Waals surface area contributed by atoms with E-state index in [1.165, 1.54) is 13.2 Å². The summed E-state index contributed by atoms with van der Waals surface area (Å²) in [5.74, 6) is 0. The summed E-state index contributed by atoms with van der Waals surface area (Å²) < 4.78 is 4.88. The highest BCUT2D eigenvalue weighted by Gasteiger charge is 2.16. The van der Waals surface area contributed by atoms with Crippen LogP contribution in [0.4, 0.5) is 5.69 Å². The Balaban J connectivity index is 2.90. The minimum absolute atomic E-state index is 0.000877. The van der Waals surface area contributed by atoms with Crippen molar-refractivity contribution in [3.63, 3.8) is 0 Å². The van der Waals surface area contributed by atoms with Crippen molar-refractivity contribution >= 4 is 17.3 Å². The molecular formula is C10H13ClN2O3. The van der Waals surface area contributed by atoms with Crippen LogP contribution in [0.1, 0.15) is 5.56 Å². The van der Waals surface area contributed by atoms with E-state index in [0.717, 1.165) is 0 Å². The molecule has 0 fully saturated rings. The van der Waals surface area contributed by atoms with E-state index in [-0.39, 0.29) is 11.7 Å². The van der Waals surface area contributed by atoms with Gasteiger partial charge in [-0.05, 0) is 12.5 Å². The summed E-state index contributed by atoms with van der Waals surface area (Å²) in [6.45, 7) is 0.361. The number of nitro benzene ring substituents is 1. The van der Waals surface area contributed by atoms with Gasteiger partial charge >= 0.3 is 0 Å². The maximum atomic E-state index is 10.8. The fourth-order valence-electron chi connectivity index (χ4n) is 1.44. The van der Waals surface area contributed by atoms with Crippen molar-refractivity contribution in [3.05, 3.63) is 38.9 Å². The van der Waals surface area contributed by atoms with E-state index in [0.29, 0.717) is 23.6 Å². The van der Waals surface area contributed by atoms with Gasteiger partial charge in [0.2, 0.25) is 0 Å². The van der Waals surface area contributed by atoms with Crippen molar-refractivity contribution in [3.8, 4) is 0 Å². The Morgan fingerprint density at radius 2 is 2.31 bits per heavy atom. The van der Waals surface area contributed by atoms with Crippen LogP contribution >= 0.6 is 11.6 Å². The molecule has 0 radical (unpaired) electrons. The molecule has 1 rings (SSSR count). The number of benzene rings is 1. The van der Waals surface area contributed by atoms with Gasteiger partial charge in [0.05, 0.1) is 11.5 Å². The Kier molecular flexibility index (Phi) is 4.67. The van der Waals surface area contributed by atoms with E-state index in [9.17, 15) is 10.1 Å². The van der Waals surface area contributed by atoms with Gasteiger partial charge < -0.3 is 10.5 Å². The molecular weight excluding hydrogens is 232 g/mol. The summed E-state index contributed by atoms with van der Waals surface area (Å²) in [4.78, 5) is 10.3. The van der Waals surface area contributed by atoms with Crippen molar-refractivity contribution in [1.29, 1.82) is 0 Å². The third-order valence-electron chi connectivity index (χ3n) is 2.11. The largest absolute Gasteiger partial charge is 0.383 e. The van der Waals surface area contributed by atoms with Crippen LogP contribution in [0.5, 0.6) is 0 Å². The summed E-state index contributed by atoms with van der Waals surface area (Å²) >= 11 is 5.70. The second-order valence-corrected chi connectivity index (χ2v) is 3.89. The second kappa shape index (κ2) is 5.79. The highest BCUT2D eigenvalue weighted by Crippen LogP contribution is 2.24. The Labute approximate surface area is 98.3 Å². The fraction of sp³-hybridized carbons (Fsp3) is 0.400. The minimum Gasteiger partial charge on any atom is -0.383 e. The van der Waals surface area contributed by atoms with Gasteiger partial charge in [0.15, 0.2) is 0 Å². The molecule has 88 valence electrons. The van der Waals surface area contributed by atoms with Crippen LogP contribution < -0.4 is 5.73 Å². The maximum absolute atomic E-state index is 10.8. The zero-order valence-electron chi connectivity index (χ0n) is 8.85. The first-order chi connectivity index (χ1) is 7.54. The third kappa shape index (κ3) is 3.44. The first kappa shape index (κ1) is 12.9. The van der Waals surface area contributed by atoms with Crippen LogP contribution in [-0.2, 0) is 11.2 Å². The number of rotatable bonds is 5. The molecule has 0 aliphatic heterocycles.